The van der Waals surface area contributed by atoms with Crippen LogP contribution < -0.4 is 15.5 Å². The van der Waals surface area contributed by atoms with Gasteiger partial charge in [-0.25, -0.2) is 4.98 Å². The van der Waals surface area contributed by atoms with E-state index in [-0.39, 0.29) is 6.86 Å². The van der Waals surface area contributed by atoms with Crippen LogP contribution in [0.5, 0.6) is 5.88 Å². The molecule has 0 unspecified atom stereocenters. The van der Waals surface area contributed by atoms with Crippen molar-refractivity contribution in [2.24, 2.45) is 0 Å². The summed E-state index contributed by atoms with van der Waals surface area (Å²) in [7, 11) is 1.61. The van der Waals surface area contributed by atoms with Crippen LogP contribution in [0.4, 0.5) is 5.82 Å². The molecule has 6 heteroatoms. The molecule has 150 valence electrons. The summed E-state index contributed by atoms with van der Waals surface area (Å²) in [6.45, 7) is 8.34. The predicted octanol–water partition coefficient (Wildman–Crippen LogP) is 4.32. The molecule has 0 saturated heterocycles. The number of rotatable bonds is 9. The lowest BCUT2D eigenvalue weighted by Gasteiger charge is -2.19. The van der Waals surface area contributed by atoms with Gasteiger partial charge >= 0.3 is 0 Å². The molecule has 3 rings (SSSR count). The number of hydrogen-bond donors (Lipinski definition) is 1. The third-order valence-electron chi connectivity index (χ3n) is 4.21. The molecule has 0 radical (unpaired) electrons. The van der Waals surface area contributed by atoms with Crippen molar-refractivity contribution in [3.05, 3.63) is 96.0 Å². The molecule has 2 aromatic heterocycles. The summed E-state index contributed by atoms with van der Waals surface area (Å²) in [6, 6.07) is 13.0. The van der Waals surface area contributed by atoms with Gasteiger partial charge in [0.2, 0.25) is 5.88 Å². The van der Waals surface area contributed by atoms with E-state index in [0.29, 0.717) is 41.5 Å². The van der Waals surface area contributed by atoms with Crippen LogP contribution in [0.1, 0.15) is 1.43 Å². The molecule has 2 heterocycles. The van der Waals surface area contributed by atoms with E-state index >= 15 is 0 Å². The number of pyridine rings is 2. The SMILES string of the molecule is C=C/C=C(\C=C)Nc1cc(=O)c2cnc(OCCOC)cc2n1-c1ccccc1.[HH]. The zero-order chi connectivity index (χ0) is 20.6. The summed E-state index contributed by atoms with van der Waals surface area (Å²) in [5, 5.41) is 3.75. The van der Waals surface area contributed by atoms with Gasteiger partial charge in [-0.05, 0) is 24.3 Å². The molecule has 0 amide bonds. The van der Waals surface area contributed by atoms with E-state index in [4.69, 9.17) is 9.47 Å². The molecule has 0 bridgehead atoms. The highest BCUT2D eigenvalue weighted by atomic mass is 16.5. The van der Waals surface area contributed by atoms with Crippen molar-refractivity contribution in [1.29, 1.82) is 0 Å². The zero-order valence-electron chi connectivity index (χ0n) is 16.3. The summed E-state index contributed by atoms with van der Waals surface area (Å²) >= 11 is 0. The average Bonchev–Trinajstić information content (AvgIpc) is 2.74. The first-order valence-corrected chi connectivity index (χ1v) is 9.13. The summed E-state index contributed by atoms with van der Waals surface area (Å²) in [6.07, 6.45) is 6.64. The minimum atomic E-state index is -0.146. The Labute approximate surface area is 170 Å². The first-order chi connectivity index (χ1) is 14.2. The monoisotopic (exact) mass is 391 g/mol. The van der Waals surface area contributed by atoms with Gasteiger partial charge < -0.3 is 14.8 Å². The van der Waals surface area contributed by atoms with Gasteiger partial charge in [0.15, 0.2) is 5.43 Å². The first-order valence-electron chi connectivity index (χ1n) is 9.13. The molecule has 0 fully saturated rings. The summed E-state index contributed by atoms with van der Waals surface area (Å²) in [5.74, 6) is 1.01. The molecule has 1 N–H and O–H groups in total. The zero-order valence-corrected chi connectivity index (χ0v) is 16.3. The fraction of sp³-hybridized carbons (Fsp3) is 0.130. The highest BCUT2D eigenvalue weighted by Crippen LogP contribution is 2.25. The van der Waals surface area contributed by atoms with E-state index < -0.39 is 0 Å². The second-order valence-corrected chi connectivity index (χ2v) is 6.13. The molecule has 29 heavy (non-hydrogen) atoms. The van der Waals surface area contributed by atoms with Gasteiger partial charge in [0.05, 0.1) is 17.5 Å². The smallest absolute Gasteiger partial charge is 0.215 e. The lowest BCUT2D eigenvalue weighted by atomic mass is 10.2. The van der Waals surface area contributed by atoms with Crippen LogP contribution in [0.3, 0.4) is 0 Å². The van der Waals surface area contributed by atoms with Gasteiger partial charge in [0.1, 0.15) is 12.4 Å². The molecule has 1 aromatic carbocycles. The largest absolute Gasteiger partial charge is 0.475 e. The Morgan fingerprint density at radius 2 is 2.03 bits per heavy atom. The van der Waals surface area contributed by atoms with Crippen molar-refractivity contribution in [1.82, 2.24) is 9.55 Å². The van der Waals surface area contributed by atoms with Crippen LogP contribution >= 0.6 is 0 Å². The van der Waals surface area contributed by atoms with Crippen LogP contribution in [-0.4, -0.2) is 29.9 Å². The van der Waals surface area contributed by atoms with E-state index in [2.05, 4.69) is 23.5 Å². The number of nitrogens with one attached hydrogen (secondary N) is 1. The van der Waals surface area contributed by atoms with Gasteiger partial charge in [-0.2, -0.15) is 0 Å². The van der Waals surface area contributed by atoms with E-state index in [1.807, 2.05) is 34.9 Å². The van der Waals surface area contributed by atoms with Crippen LogP contribution in [0, 0.1) is 0 Å². The van der Waals surface area contributed by atoms with E-state index in [1.54, 1.807) is 37.5 Å². The lowest BCUT2D eigenvalue weighted by Crippen LogP contribution is -2.14. The van der Waals surface area contributed by atoms with Gasteiger partial charge in [-0.15, -0.1) is 0 Å². The normalized spacial score (nSPS) is 11.3. The number of hydrogen-bond acceptors (Lipinski definition) is 5. The maximum absolute atomic E-state index is 12.8. The number of benzene rings is 1. The second-order valence-electron chi connectivity index (χ2n) is 6.13. The molecule has 0 aliphatic rings. The third-order valence-corrected chi connectivity index (χ3v) is 4.21. The topological polar surface area (TPSA) is 65.4 Å². The van der Waals surface area contributed by atoms with Gasteiger partial charge in [-0.1, -0.05) is 37.4 Å². The fourth-order valence-electron chi connectivity index (χ4n) is 2.89. The number of fused-ring (bicyclic) bond motifs is 1. The van der Waals surface area contributed by atoms with Crippen molar-refractivity contribution in [3.63, 3.8) is 0 Å². The minimum absolute atomic E-state index is 0. The summed E-state index contributed by atoms with van der Waals surface area (Å²) in [5.41, 5.74) is 2.13. The number of methoxy groups -OCH3 is 1. The Hall–Kier alpha value is -3.64. The number of anilines is 1. The van der Waals surface area contributed by atoms with Gasteiger partial charge in [0.25, 0.3) is 0 Å². The molecule has 0 atom stereocenters. The van der Waals surface area contributed by atoms with Crippen molar-refractivity contribution in [2.75, 3.05) is 25.6 Å². The van der Waals surface area contributed by atoms with Crippen LogP contribution in [0.2, 0.25) is 0 Å². The Balaban J connectivity index is 0.00000320. The maximum Gasteiger partial charge on any atom is 0.215 e. The van der Waals surface area contributed by atoms with Crippen molar-refractivity contribution >= 4 is 16.7 Å². The molecule has 0 spiro atoms. The number of para-hydroxylation sites is 1. The summed E-state index contributed by atoms with van der Waals surface area (Å²) in [4.78, 5) is 17.0. The molecule has 3 aromatic rings. The molecular formula is C23H25N3O3. The van der Waals surface area contributed by atoms with Crippen molar-refractivity contribution in [3.8, 4) is 11.6 Å². The molecule has 0 saturated carbocycles. The number of aromatic nitrogens is 2. The Bertz CT molecular complexity index is 1110. The quantitative estimate of drug-likeness (QED) is 0.435. The number of allylic oxidation sites excluding steroid dienone is 3. The predicted molar refractivity (Wildman–Crippen MR) is 119 cm³/mol. The third kappa shape index (κ3) is 4.62. The molecule has 0 aliphatic heterocycles. The number of nitrogens with zero attached hydrogens (tertiary/aromatic N) is 2. The Morgan fingerprint density at radius 3 is 2.72 bits per heavy atom. The van der Waals surface area contributed by atoms with Crippen molar-refractivity contribution in [2.45, 2.75) is 0 Å². The minimum Gasteiger partial charge on any atom is -0.475 e. The van der Waals surface area contributed by atoms with Crippen LogP contribution in [0.15, 0.2) is 90.5 Å². The van der Waals surface area contributed by atoms with E-state index in [1.165, 1.54) is 6.20 Å². The Kier molecular flexibility index (Phi) is 6.60. The molecule has 6 nitrogen and oxygen atoms in total. The summed E-state index contributed by atoms with van der Waals surface area (Å²) < 4.78 is 12.6. The van der Waals surface area contributed by atoms with Crippen molar-refractivity contribution < 1.29 is 10.9 Å². The highest BCUT2D eigenvalue weighted by Gasteiger charge is 2.13. The average molecular weight is 391 g/mol. The van der Waals surface area contributed by atoms with Gasteiger partial charge in [-0.3, -0.25) is 9.36 Å². The molecule has 0 aliphatic carbocycles. The van der Waals surface area contributed by atoms with Crippen LogP contribution in [0.25, 0.3) is 16.6 Å². The lowest BCUT2D eigenvalue weighted by molar-refractivity contribution is 0.144. The standard InChI is InChI=1S/C23H23N3O3.H2/c1-4-9-17(5-2)25-22-15-21(27)19-16-24-23(29-13-12-28-3)14-20(19)26(22)18-10-7-6-8-11-18;/h4-11,14-16,25H,1-2,12-13H2,3H3;1H/b17-9+;. The fourth-order valence-corrected chi connectivity index (χ4v) is 2.89. The van der Waals surface area contributed by atoms with E-state index in [0.717, 1.165) is 5.69 Å². The van der Waals surface area contributed by atoms with E-state index in [9.17, 15) is 4.79 Å². The maximum atomic E-state index is 12.8. The highest BCUT2D eigenvalue weighted by molar-refractivity contribution is 5.83. The van der Waals surface area contributed by atoms with Gasteiger partial charge in [0, 0.05) is 38.3 Å². The first kappa shape index (κ1) is 20.1. The second kappa shape index (κ2) is 9.52. The van der Waals surface area contributed by atoms with Crippen LogP contribution in [-0.2, 0) is 4.74 Å². The number of ether oxygens (including phenoxy) is 2. The molecular weight excluding hydrogens is 366 g/mol. The Morgan fingerprint density at radius 1 is 1.24 bits per heavy atom.